The Labute approximate surface area is 139 Å². The van der Waals surface area contributed by atoms with Crippen molar-refractivity contribution in [3.8, 4) is 0 Å². The second-order valence-electron chi connectivity index (χ2n) is 5.25. The highest BCUT2D eigenvalue weighted by Gasteiger charge is 2.23. The van der Waals surface area contributed by atoms with E-state index in [0.717, 1.165) is 41.8 Å². The maximum absolute atomic E-state index is 5.92. The number of hydrogen-bond donors (Lipinski definition) is 2. The highest BCUT2D eigenvalue weighted by molar-refractivity contribution is 7.77. The van der Waals surface area contributed by atoms with Crippen LogP contribution in [-0.2, 0) is 0 Å². The van der Waals surface area contributed by atoms with Gasteiger partial charge in [0.25, 0.3) is 0 Å². The summed E-state index contributed by atoms with van der Waals surface area (Å²) in [5.41, 5.74) is 8.94. The summed E-state index contributed by atoms with van der Waals surface area (Å²) in [5, 5.41) is 0.444. The molecule has 0 saturated carbocycles. The third kappa shape index (κ3) is 3.40. The number of rotatable bonds is 4. The van der Waals surface area contributed by atoms with Gasteiger partial charge in [-0.2, -0.15) is 0 Å². The first-order chi connectivity index (χ1) is 10.7. The number of aromatic nitrogens is 2. The van der Waals surface area contributed by atoms with Crippen molar-refractivity contribution >= 4 is 47.2 Å². The monoisotopic (exact) mass is 333 g/mol. The highest BCUT2D eigenvalue weighted by atomic mass is 35.5. The van der Waals surface area contributed by atoms with Crippen molar-refractivity contribution in [2.24, 2.45) is 16.6 Å². The van der Waals surface area contributed by atoms with Crippen LogP contribution in [0.2, 0.25) is 5.15 Å². The zero-order chi connectivity index (χ0) is 15.5. The van der Waals surface area contributed by atoms with Gasteiger partial charge in [0.1, 0.15) is 5.15 Å². The SMILES string of the molecule is NC=C(C=NCC1CN(S)C1)c1cnc2ccc(Cl)nc2c1. The van der Waals surface area contributed by atoms with Crippen molar-refractivity contribution < 1.29 is 0 Å². The van der Waals surface area contributed by atoms with Gasteiger partial charge in [-0.3, -0.25) is 14.3 Å². The molecule has 22 heavy (non-hydrogen) atoms. The highest BCUT2D eigenvalue weighted by Crippen LogP contribution is 2.19. The fourth-order valence-corrected chi connectivity index (χ4v) is 2.93. The number of pyridine rings is 2. The number of halogens is 1. The Kier molecular flexibility index (Phi) is 4.61. The lowest BCUT2D eigenvalue weighted by Crippen LogP contribution is -2.41. The molecule has 1 aliphatic rings. The van der Waals surface area contributed by atoms with Gasteiger partial charge < -0.3 is 5.73 Å². The van der Waals surface area contributed by atoms with Crippen LogP contribution in [0, 0.1) is 5.92 Å². The lowest BCUT2D eigenvalue weighted by Gasteiger charge is -2.33. The average Bonchev–Trinajstić information content (AvgIpc) is 2.48. The molecule has 2 aromatic rings. The Morgan fingerprint density at radius 2 is 2.27 bits per heavy atom. The smallest absolute Gasteiger partial charge is 0.129 e. The molecule has 1 saturated heterocycles. The largest absolute Gasteiger partial charge is 0.404 e. The fraction of sp³-hybridized carbons (Fsp3) is 0.267. The van der Waals surface area contributed by atoms with Gasteiger partial charge in [0.15, 0.2) is 0 Å². The summed E-state index contributed by atoms with van der Waals surface area (Å²) in [6, 6.07) is 5.48. The summed E-state index contributed by atoms with van der Waals surface area (Å²) in [7, 11) is 0. The van der Waals surface area contributed by atoms with Gasteiger partial charge >= 0.3 is 0 Å². The molecular formula is C15H16ClN5S. The van der Waals surface area contributed by atoms with Gasteiger partial charge in [-0.1, -0.05) is 24.4 Å². The topological polar surface area (TPSA) is 67.4 Å². The Hall–Kier alpha value is -1.63. The van der Waals surface area contributed by atoms with Crippen molar-refractivity contribution in [2.45, 2.75) is 0 Å². The molecule has 0 unspecified atom stereocenters. The van der Waals surface area contributed by atoms with Gasteiger partial charge in [-0.25, -0.2) is 4.98 Å². The Balaban J connectivity index is 1.76. The second-order valence-corrected chi connectivity index (χ2v) is 6.20. The molecule has 0 spiro atoms. The second kappa shape index (κ2) is 6.64. The van der Waals surface area contributed by atoms with Crippen molar-refractivity contribution in [1.82, 2.24) is 14.3 Å². The first kappa shape index (κ1) is 15.3. The van der Waals surface area contributed by atoms with E-state index in [1.807, 2.05) is 16.4 Å². The molecule has 0 aliphatic carbocycles. The minimum absolute atomic E-state index is 0.444. The van der Waals surface area contributed by atoms with Gasteiger partial charge in [-0.05, 0) is 18.2 Å². The van der Waals surface area contributed by atoms with Crippen molar-refractivity contribution in [3.05, 3.63) is 41.3 Å². The maximum atomic E-state index is 5.92. The fourth-order valence-electron chi connectivity index (χ4n) is 2.31. The average molecular weight is 334 g/mol. The molecule has 3 rings (SSSR count). The number of thiol groups is 1. The first-order valence-corrected chi connectivity index (χ1v) is 7.71. The van der Waals surface area contributed by atoms with Gasteiger partial charge in [0.05, 0.1) is 11.0 Å². The summed E-state index contributed by atoms with van der Waals surface area (Å²) in [6.07, 6.45) is 5.08. The van der Waals surface area contributed by atoms with Crippen molar-refractivity contribution in [3.63, 3.8) is 0 Å². The predicted octanol–water partition coefficient (Wildman–Crippen LogP) is 2.43. The van der Waals surface area contributed by atoms with Crippen LogP contribution in [0.5, 0.6) is 0 Å². The van der Waals surface area contributed by atoms with Crippen molar-refractivity contribution in [1.29, 1.82) is 0 Å². The molecule has 2 aromatic heterocycles. The van der Waals surface area contributed by atoms with Crippen LogP contribution in [0.25, 0.3) is 16.6 Å². The van der Waals surface area contributed by atoms with Crippen LogP contribution >= 0.6 is 24.4 Å². The standard InChI is InChI=1S/C15H16ClN5S/c16-15-2-1-13-14(20-15)3-11(7-19-13)12(4-17)6-18-5-10-8-21(22)9-10/h1-4,6-7,10,22H,5,8-9,17H2. The van der Waals surface area contributed by atoms with E-state index in [-0.39, 0.29) is 0 Å². The molecule has 2 N–H and O–H groups in total. The number of allylic oxidation sites excluding steroid dienone is 1. The minimum atomic E-state index is 0.444. The Morgan fingerprint density at radius 1 is 1.45 bits per heavy atom. The third-order valence-corrected chi connectivity index (χ3v) is 4.09. The number of nitrogens with zero attached hydrogens (tertiary/aromatic N) is 4. The zero-order valence-corrected chi connectivity index (χ0v) is 13.5. The van der Waals surface area contributed by atoms with Gasteiger partial charge in [-0.15, -0.1) is 0 Å². The summed E-state index contributed by atoms with van der Waals surface area (Å²) in [5.74, 6) is 0.572. The molecule has 1 aliphatic heterocycles. The number of fused-ring (bicyclic) bond motifs is 1. The summed E-state index contributed by atoms with van der Waals surface area (Å²) >= 11 is 10.2. The first-order valence-electron chi connectivity index (χ1n) is 6.94. The molecule has 3 heterocycles. The molecule has 5 nitrogen and oxygen atoms in total. The zero-order valence-electron chi connectivity index (χ0n) is 11.9. The molecule has 0 radical (unpaired) electrons. The Bertz CT molecular complexity index is 740. The van der Waals surface area contributed by atoms with E-state index >= 15 is 0 Å². The van der Waals surface area contributed by atoms with E-state index in [0.29, 0.717) is 11.1 Å². The lowest BCUT2D eigenvalue weighted by molar-refractivity contribution is 0.231. The van der Waals surface area contributed by atoms with Crippen LogP contribution < -0.4 is 5.73 Å². The molecule has 0 amide bonds. The van der Waals surface area contributed by atoms with E-state index in [1.165, 1.54) is 6.20 Å². The lowest BCUT2D eigenvalue weighted by atomic mass is 10.0. The molecule has 0 bridgehead atoms. The predicted molar refractivity (Wildman–Crippen MR) is 94.1 cm³/mol. The molecule has 7 heteroatoms. The van der Waals surface area contributed by atoms with Gasteiger partial charge in [0.2, 0.25) is 0 Å². The molecule has 114 valence electrons. The Morgan fingerprint density at radius 3 is 3.00 bits per heavy atom. The van der Waals surface area contributed by atoms with Gasteiger partial charge in [0, 0.05) is 55.3 Å². The van der Waals surface area contributed by atoms with Crippen LogP contribution in [0.15, 0.2) is 35.6 Å². The number of nitrogens with two attached hydrogens (primary N) is 1. The molecule has 0 aromatic carbocycles. The van der Waals surface area contributed by atoms with E-state index in [2.05, 4.69) is 27.8 Å². The molecule has 1 fully saturated rings. The maximum Gasteiger partial charge on any atom is 0.129 e. The molecule has 0 atom stereocenters. The normalized spacial score (nSPS) is 17.3. The summed E-state index contributed by atoms with van der Waals surface area (Å²) in [4.78, 5) is 13.1. The van der Waals surface area contributed by atoms with E-state index in [9.17, 15) is 0 Å². The third-order valence-electron chi connectivity index (χ3n) is 3.55. The number of hydrogen-bond acceptors (Lipinski definition) is 6. The van der Waals surface area contributed by atoms with Crippen LogP contribution in [-0.4, -0.2) is 40.1 Å². The summed E-state index contributed by atoms with van der Waals surface area (Å²) < 4.78 is 1.97. The van der Waals surface area contributed by atoms with E-state index in [1.54, 1.807) is 18.5 Å². The van der Waals surface area contributed by atoms with E-state index < -0.39 is 0 Å². The summed E-state index contributed by atoms with van der Waals surface area (Å²) in [6.45, 7) is 2.73. The van der Waals surface area contributed by atoms with Crippen LogP contribution in [0.3, 0.4) is 0 Å². The van der Waals surface area contributed by atoms with Crippen molar-refractivity contribution in [2.75, 3.05) is 19.6 Å². The van der Waals surface area contributed by atoms with Crippen LogP contribution in [0.4, 0.5) is 0 Å². The van der Waals surface area contributed by atoms with Crippen LogP contribution in [0.1, 0.15) is 5.56 Å². The quantitative estimate of drug-likeness (QED) is 0.512. The minimum Gasteiger partial charge on any atom is -0.404 e. The number of aliphatic imine (C=N–C) groups is 1. The van der Waals surface area contributed by atoms with E-state index in [4.69, 9.17) is 17.3 Å². The molecular weight excluding hydrogens is 318 g/mol.